The second-order valence-electron chi connectivity index (χ2n) is 5.08. The van der Waals surface area contributed by atoms with Gasteiger partial charge in [-0.15, -0.1) is 0 Å². The molecule has 0 aliphatic carbocycles. The van der Waals surface area contributed by atoms with Gasteiger partial charge >= 0.3 is 0 Å². The lowest BCUT2D eigenvalue weighted by Gasteiger charge is -2.28. The van der Waals surface area contributed by atoms with E-state index in [0.717, 1.165) is 30.8 Å². The first-order valence-electron chi connectivity index (χ1n) is 6.74. The van der Waals surface area contributed by atoms with Crippen LogP contribution < -0.4 is 5.73 Å². The molecule has 0 saturated heterocycles. The van der Waals surface area contributed by atoms with Crippen LogP contribution in [0.4, 0.5) is 0 Å². The molecule has 2 unspecified atom stereocenters. The zero-order chi connectivity index (χ0) is 13.2. The van der Waals surface area contributed by atoms with Crippen molar-refractivity contribution >= 4 is 0 Å². The number of rotatable bonds is 3. The normalized spacial score (nSPS) is 20.0. The number of hydrogen-bond acceptors (Lipinski definition) is 3. The first kappa shape index (κ1) is 12.5. The summed E-state index contributed by atoms with van der Waals surface area (Å²) in [6.45, 7) is 2.73. The van der Waals surface area contributed by atoms with Crippen molar-refractivity contribution in [3.05, 3.63) is 59.0 Å². The molecule has 0 spiro atoms. The number of furan rings is 1. The minimum absolute atomic E-state index is 0.0464. The first-order chi connectivity index (χ1) is 9.25. The number of nitrogens with two attached hydrogens (primary N) is 1. The van der Waals surface area contributed by atoms with E-state index in [1.807, 2.05) is 13.0 Å². The summed E-state index contributed by atoms with van der Waals surface area (Å²) in [4.78, 5) is 0. The van der Waals surface area contributed by atoms with Crippen molar-refractivity contribution < 1.29 is 9.15 Å². The average molecular weight is 257 g/mol. The molecule has 0 bridgehead atoms. The van der Waals surface area contributed by atoms with E-state index in [4.69, 9.17) is 14.9 Å². The zero-order valence-corrected chi connectivity index (χ0v) is 11.1. The number of hydrogen-bond donors (Lipinski definition) is 1. The molecular formula is C16H19NO2. The number of aryl methyl sites for hydroxylation is 1. The summed E-state index contributed by atoms with van der Waals surface area (Å²) in [7, 11) is 0. The van der Waals surface area contributed by atoms with Crippen LogP contribution in [0.2, 0.25) is 0 Å². The lowest BCUT2D eigenvalue weighted by Crippen LogP contribution is -2.21. The maximum absolute atomic E-state index is 6.29. The van der Waals surface area contributed by atoms with Crippen molar-refractivity contribution in [3.8, 4) is 0 Å². The highest BCUT2D eigenvalue weighted by molar-refractivity contribution is 5.31. The Bertz CT molecular complexity index is 561. The van der Waals surface area contributed by atoms with Crippen LogP contribution in [-0.2, 0) is 11.2 Å². The van der Waals surface area contributed by atoms with Gasteiger partial charge in [-0.05, 0) is 37.0 Å². The van der Waals surface area contributed by atoms with E-state index >= 15 is 0 Å². The highest BCUT2D eigenvalue weighted by Gasteiger charge is 2.24. The molecule has 2 aromatic rings. The summed E-state index contributed by atoms with van der Waals surface area (Å²) in [5.74, 6) is 0.900. The fraction of sp³-hybridized carbons (Fsp3) is 0.375. The second kappa shape index (κ2) is 5.19. The topological polar surface area (TPSA) is 48.4 Å². The molecule has 3 nitrogen and oxygen atoms in total. The van der Waals surface area contributed by atoms with E-state index in [1.165, 1.54) is 11.1 Å². The van der Waals surface area contributed by atoms with Gasteiger partial charge in [-0.1, -0.05) is 24.3 Å². The highest BCUT2D eigenvalue weighted by Crippen LogP contribution is 2.34. The van der Waals surface area contributed by atoms with Crippen LogP contribution in [-0.4, -0.2) is 6.61 Å². The smallest absolute Gasteiger partial charge is 0.105 e. The summed E-state index contributed by atoms with van der Waals surface area (Å²) in [6, 6.07) is 10.4. The summed E-state index contributed by atoms with van der Waals surface area (Å²) in [5, 5.41) is 0. The lowest BCUT2D eigenvalue weighted by molar-refractivity contribution is 0.0319. The Kier molecular flexibility index (Phi) is 3.40. The Morgan fingerprint density at radius 3 is 2.95 bits per heavy atom. The molecule has 1 aliphatic rings. The minimum atomic E-state index is -0.0464. The molecule has 2 heterocycles. The molecule has 1 aliphatic heterocycles. The van der Waals surface area contributed by atoms with Gasteiger partial charge in [0, 0.05) is 11.6 Å². The van der Waals surface area contributed by atoms with Crippen LogP contribution in [0.3, 0.4) is 0 Å². The van der Waals surface area contributed by atoms with E-state index < -0.39 is 0 Å². The first-order valence-corrected chi connectivity index (χ1v) is 6.74. The SMILES string of the molecule is Cc1occc1C(N)CC1OCCc2ccccc21. The van der Waals surface area contributed by atoms with Crippen LogP contribution in [0.5, 0.6) is 0 Å². The molecule has 100 valence electrons. The van der Waals surface area contributed by atoms with Gasteiger partial charge < -0.3 is 14.9 Å². The van der Waals surface area contributed by atoms with Crippen LogP contribution in [0.25, 0.3) is 0 Å². The van der Waals surface area contributed by atoms with E-state index in [0.29, 0.717) is 0 Å². The van der Waals surface area contributed by atoms with E-state index in [-0.39, 0.29) is 12.1 Å². The molecule has 0 amide bonds. The van der Waals surface area contributed by atoms with Gasteiger partial charge in [0.1, 0.15) is 5.76 Å². The average Bonchev–Trinajstić information content (AvgIpc) is 2.85. The fourth-order valence-electron chi connectivity index (χ4n) is 2.81. The van der Waals surface area contributed by atoms with Gasteiger partial charge in [0.05, 0.1) is 19.0 Å². The summed E-state index contributed by atoms with van der Waals surface area (Å²) in [5.41, 5.74) is 10.0. The molecule has 0 radical (unpaired) electrons. The molecule has 1 aromatic heterocycles. The lowest BCUT2D eigenvalue weighted by atomic mass is 9.92. The van der Waals surface area contributed by atoms with Crippen molar-refractivity contribution in [2.75, 3.05) is 6.61 Å². The maximum Gasteiger partial charge on any atom is 0.105 e. The molecule has 1 aromatic carbocycles. The van der Waals surface area contributed by atoms with Gasteiger partial charge in [-0.3, -0.25) is 0 Å². The van der Waals surface area contributed by atoms with E-state index in [2.05, 4.69) is 24.3 Å². The Morgan fingerprint density at radius 2 is 2.16 bits per heavy atom. The van der Waals surface area contributed by atoms with Gasteiger partial charge in [0.25, 0.3) is 0 Å². The van der Waals surface area contributed by atoms with Crippen LogP contribution in [0, 0.1) is 6.92 Å². The van der Waals surface area contributed by atoms with Gasteiger partial charge in [-0.25, -0.2) is 0 Å². The third kappa shape index (κ3) is 2.44. The van der Waals surface area contributed by atoms with Crippen molar-refractivity contribution in [1.29, 1.82) is 0 Å². The van der Waals surface area contributed by atoms with Crippen LogP contribution in [0.1, 0.15) is 41.0 Å². The van der Waals surface area contributed by atoms with Crippen molar-refractivity contribution in [2.24, 2.45) is 5.73 Å². The Labute approximate surface area is 113 Å². The van der Waals surface area contributed by atoms with Crippen molar-refractivity contribution in [1.82, 2.24) is 0 Å². The standard InChI is InChI=1S/C16H19NO2/c1-11-13(7-9-18-11)15(17)10-16-14-5-3-2-4-12(14)6-8-19-16/h2-5,7,9,15-16H,6,8,10,17H2,1H3. The molecule has 2 N–H and O–H groups in total. The summed E-state index contributed by atoms with van der Waals surface area (Å²) in [6.07, 6.45) is 3.57. The summed E-state index contributed by atoms with van der Waals surface area (Å²) >= 11 is 0. The number of fused-ring (bicyclic) bond motifs is 1. The molecule has 19 heavy (non-hydrogen) atoms. The number of ether oxygens (including phenoxy) is 1. The number of benzene rings is 1. The molecular weight excluding hydrogens is 238 g/mol. The van der Waals surface area contributed by atoms with Gasteiger partial charge in [0.2, 0.25) is 0 Å². The Balaban J connectivity index is 1.80. The molecule has 0 fully saturated rings. The summed E-state index contributed by atoms with van der Waals surface area (Å²) < 4.78 is 11.2. The highest BCUT2D eigenvalue weighted by atomic mass is 16.5. The molecule has 2 atom stereocenters. The molecule has 3 rings (SSSR count). The van der Waals surface area contributed by atoms with Crippen molar-refractivity contribution in [2.45, 2.75) is 31.9 Å². The largest absolute Gasteiger partial charge is 0.469 e. The van der Waals surface area contributed by atoms with Gasteiger partial charge in [0.15, 0.2) is 0 Å². The van der Waals surface area contributed by atoms with Crippen LogP contribution in [0.15, 0.2) is 41.0 Å². The third-order valence-electron chi connectivity index (χ3n) is 3.86. The van der Waals surface area contributed by atoms with Gasteiger partial charge in [-0.2, -0.15) is 0 Å². The molecule has 3 heteroatoms. The van der Waals surface area contributed by atoms with Crippen LogP contribution >= 0.6 is 0 Å². The van der Waals surface area contributed by atoms with E-state index in [9.17, 15) is 0 Å². The fourth-order valence-corrected chi connectivity index (χ4v) is 2.81. The second-order valence-corrected chi connectivity index (χ2v) is 5.08. The maximum atomic E-state index is 6.29. The molecule has 0 saturated carbocycles. The Hall–Kier alpha value is -1.58. The third-order valence-corrected chi connectivity index (χ3v) is 3.86. The zero-order valence-electron chi connectivity index (χ0n) is 11.1. The predicted molar refractivity (Wildman–Crippen MR) is 73.8 cm³/mol. The van der Waals surface area contributed by atoms with Crippen molar-refractivity contribution in [3.63, 3.8) is 0 Å². The van der Waals surface area contributed by atoms with E-state index in [1.54, 1.807) is 6.26 Å². The monoisotopic (exact) mass is 257 g/mol. The predicted octanol–water partition coefficient (Wildman–Crippen LogP) is 3.29. The quantitative estimate of drug-likeness (QED) is 0.917. The Morgan fingerprint density at radius 1 is 1.32 bits per heavy atom. The minimum Gasteiger partial charge on any atom is -0.469 e.